The first-order chi connectivity index (χ1) is 9.16. The molecule has 3 nitrogen and oxygen atoms in total. The SMILES string of the molecule is OC(c1ccc(F)cc1F)c1cnn2ccccc12. The van der Waals surface area contributed by atoms with Gasteiger partial charge < -0.3 is 5.11 Å². The van der Waals surface area contributed by atoms with Crippen molar-refractivity contribution in [3.8, 4) is 0 Å². The van der Waals surface area contributed by atoms with Crippen LogP contribution in [0, 0.1) is 11.6 Å². The first-order valence-corrected chi connectivity index (χ1v) is 5.72. The van der Waals surface area contributed by atoms with Crippen LogP contribution < -0.4 is 0 Å². The van der Waals surface area contributed by atoms with Crippen molar-refractivity contribution in [3.05, 3.63) is 71.6 Å². The Morgan fingerprint density at radius 3 is 2.74 bits per heavy atom. The highest BCUT2D eigenvalue weighted by Gasteiger charge is 2.19. The van der Waals surface area contributed by atoms with E-state index < -0.39 is 17.7 Å². The Kier molecular flexibility index (Phi) is 2.76. The number of aliphatic hydroxyl groups excluding tert-OH is 1. The molecule has 0 aliphatic carbocycles. The first-order valence-electron chi connectivity index (χ1n) is 5.72. The molecule has 0 bridgehead atoms. The van der Waals surface area contributed by atoms with Gasteiger partial charge in [0.25, 0.3) is 0 Å². The Balaban J connectivity index is 2.10. The molecule has 1 N–H and O–H groups in total. The summed E-state index contributed by atoms with van der Waals surface area (Å²) in [5, 5.41) is 14.3. The van der Waals surface area contributed by atoms with E-state index in [4.69, 9.17) is 0 Å². The fourth-order valence-corrected chi connectivity index (χ4v) is 2.06. The minimum atomic E-state index is -1.18. The maximum Gasteiger partial charge on any atom is 0.132 e. The fourth-order valence-electron chi connectivity index (χ4n) is 2.06. The van der Waals surface area contributed by atoms with E-state index in [1.165, 1.54) is 12.3 Å². The minimum Gasteiger partial charge on any atom is -0.383 e. The highest BCUT2D eigenvalue weighted by molar-refractivity contribution is 5.56. The summed E-state index contributed by atoms with van der Waals surface area (Å²) < 4.78 is 28.1. The van der Waals surface area contributed by atoms with Gasteiger partial charge in [-0.3, -0.25) is 0 Å². The number of hydrogen-bond acceptors (Lipinski definition) is 2. The van der Waals surface area contributed by atoms with Crippen LogP contribution in [-0.2, 0) is 0 Å². The van der Waals surface area contributed by atoms with Gasteiger partial charge in [0.15, 0.2) is 0 Å². The van der Waals surface area contributed by atoms with Crippen LogP contribution in [0.2, 0.25) is 0 Å². The standard InChI is InChI=1S/C14H10F2N2O/c15-9-4-5-10(12(16)7-9)14(19)11-8-17-18-6-2-1-3-13(11)18/h1-8,14,19H. The summed E-state index contributed by atoms with van der Waals surface area (Å²) in [6, 6.07) is 8.48. The van der Waals surface area contributed by atoms with Crippen LogP contribution in [0.4, 0.5) is 8.78 Å². The van der Waals surface area contributed by atoms with Crippen LogP contribution in [0.25, 0.3) is 5.52 Å². The number of pyridine rings is 1. The van der Waals surface area contributed by atoms with E-state index >= 15 is 0 Å². The molecule has 1 atom stereocenters. The Bertz CT molecular complexity index is 739. The van der Waals surface area contributed by atoms with Crippen LogP contribution >= 0.6 is 0 Å². The average Bonchev–Trinajstić information content (AvgIpc) is 2.82. The third kappa shape index (κ3) is 1.98. The van der Waals surface area contributed by atoms with E-state index in [-0.39, 0.29) is 5.56 Å². The molecule has 3 rings (SSSR count). The second-order valence-electron chi connectivity index (χ2n) is 4.20. The third-order valence-electron chi connectivity index (χ3n) is 3.01. The van der Waals surface area contributed by atoms with Gasteiger partial charge in [0.1, 0.15) is 17.7 Å². The Hall–Kier alpha value is -2.27. The smallest absolute Gasteiger partial charge is 0.132 e. The van der Waals surface area contributed by atoms with E-state index in [1.54, 1.807) is 28.9 Å². The van der Waals surface area contributed by atoms with Gasteiger partial charge in [-0.05, 0) is 18.2 Å². The molecule has 19 heavy (non-hydrogen) atoms. The van der Waals surface area contributed by atoms with Gasteiger partial charge in [-0.15, -0.1) is 0 Å². The number of aliphatic hydroxyl groups is 1. The molecule has 0 fully saturated rings. The number of nitrogens with zero attached hydrogens (tertiary/aromatic N) is 2. The Morgan fingerprint density at radius 2 is 1.95 bits per heavy atom. The lowest BCUT2D eigenvalue weighted by Gasteiger charge is -2.10. The van der Waals surface area contributed by atoms with Crippen molar-refractivity contribution in [2.75, 3.05) is 0 Å². The van der Waals surface area contributed by atoms with Crippen molar-refractivity contribution in [1.82, 2.24) is 9.61 Å². The van der Waals surface area contributed by atoms with E-state index in [0.29, 0.717) is 11.1 Å². The fraction of sp³-hybridized carbons (Fsp3) is 0.0714. The van der Waals surface area contributed by atoms with Crippen molar-refractivity contribution in [1.29, 1.82) is 0 Å². The molecule has 1 aromatic carbocycles. The molecule has 0 saturated carbocycles. The number of hydrogen-bond donors (Lipinski definition) is 1. The summed E-state index contributed by atoms with van der Waals surface area (Å²) in [7, 11) is 0. The van der Waals surface area contributed by atoms with E-state index in [0.717, 1.165) is 12.1 Å². The third-order valence-corrected chi connectivity index (χ3v) is 3.01. The molecule has 5 heteroatoms. The molecule has 3 aromatic rings. The molecule has 0 aliphatic heterocycles. The van der Waals surface area contributed by atoms with Crippen LogP contribution in [0.3, 0.4) is 0 Å². The number of benzene rings is 1. The number of halogens is 2. The highest BCUT2D eigenvalue weighted by atomic mass is 19.1. The quantitative estimate of drug-likeness (QED) is 0.769. The summed E-state index contributed by atoms with van der Waals surface area (Å²) in [5.74, 6) is -1.45. The van der Waals surface area contributed by atoms with Crippen molar-refractivity contribution in [3.63, 3.8) is 0 Å². The van der Waals surface area contributed by atoms with Gasteiger partial charge >= 0.3 is 0 Å². The van der Waals surface area contributed by atoms with Gasteiger partial charge in [-0.2, -0.15) is 5.10 Å². The maximum atomic E-state index is 13.7. The summed E-state index contributed by atoms with van der Waals surface area (Å²) >= 11 is 0. The molecule has 1 unspecified atom stereocenters. The maximum absolute atomic E-state index is 13.7. The summed E-state index contributed by atoms with van der Waals surface area (Å²) in [6.07, 6.45) is 2.02. The molecule has 0 radical (unpaired) electrons. The zero-order valence-electron chi connectivity index (χ0n) is 9.79. The Labute approximate surface area is 107 Å². The van der Waals surface area contributed by atoms with Crippen LogP contribution in [0.15, 0.2) is 48.8 Å². The van der Waals surface area contributed by atoms with Gasteiger partial charge in [0, 0.05) is 23.4 Å². The molecular weight excluding hydrogens is 250 g/mol. The molecule has 96 valence electrons. The van der Waals surface area contributed by atoms with Crippen molar-refractivity contribution in [2.45, 2.75) is 6.10 Å². The zero-order valence-corrected chi connectivity index (χ0v) is 9.79. The zero-order chi connectivity index (χ0) is 13.4. The largest absolute Gasteiger partial charge is 0.383 e. The molecule has 0 aliphatic rings. The number of aromatic nitrogens is 2. The van der Waals surface area contributed by atoms with E-state index in [9.17, 15) is 13.9 Å². The normalized spacial score (nSPS) is 12.8. The predicted octanol–water partition coefficient (Wildman–Crippen LogP) is 2.69. The lowest BCUT2D eigenvalue weighted by Crippen LogP contribution is -2.02. The Morgan fingerprint density at radius 1 is 1.11 bits per heavy atom. The van der Waals surface area contributed by atoms with Gasteiger partial charge in [-0.25, -0.2) is 13.3 Å². The summed E-state index contributed by atoms with van der Waals surface area (Å²) in [6.45, 7) is 0. The summed E-state index contributed by atoms with van der Waals surface area (Å²) in [4.78, 5) is 0. The van der Waals surface area contributed by atoms with Crippen molar-refractivity contribution >= 4 is 5.52 Å². The number of fused-ring (bicyclic) bond motifs is 1. The molecule has 2 heterocycles. The second-order valence-corrected chi connectivity index (χ2v) is 4.20. The molecule has 0 amide bonds. The molecule has 0 spiro atoms. The number of rotatable bonds is 2. The predicted molar refractivity (Wildman–Crippen MR) is 65.6 cm³/mol. The van der Waals surface area contributed by atoms with Crippen molar-refractivity contribution < 1.29 is 13.9 Å². The van der Waals surface area contributed by atoms with Gasteiger partial charge in [0.2, 0.25) is 0 Å². The molecule has 2 aromatic heterocycles. The van der Waals surface area contributed by atoms with Crippen LogP contribution in [-0.4, -0.2) is 14.7 Å². The van der Waals surface area contributed by atoms with E-state index in [2.05, 4.69) is 5.10 Å². The lowest BCUT2D eigenvalue weighted by molar-refractivity contribution is 0.216. The molecule has 0 saturated heterocycles. The van der Waals surface area contributed by atoms with Crippen LogP contribution in [0.1, 0.15) is 17.2 Å². The van der Waals surface area contributed by atoms with Crippen LogP contribution in [0.5, 0.6) is 0 Å². The minimum absolute atomic E-state index is 0.0279. The lowest BCUT2D eigenvalue weighted by atomic mass is 10.0. The highest BCUT2D eigenvalue weighted by Crippen LogP contribution is 2.27. The van der Waals surface area contributed by atoms with Crippen molar-refractivity contribution in [2.24, 2.45) is 0 Å². The monoisotopic (exact) mass is 260 g/mol. The average molecular weight is 260 g/mol. The van der Waals surface area contributed by atoms with E-state index in [1.807, 2.05) is 0 Å². The summed E-state index contributed by atoms with van der Waals surface area (Å²) in [5.41, 5.74) is 1.19. The topological polar surface area (TPSA) is 37.5 Å². The first kappa shape index (κ1) is 11.8. The second kappa shape index (κ2) is 4.44. The van der Waals surface area contributed by atoms with Gasteiger partial charge in [-0.1, -0.05) is 12.1 Å². The van der Waals surface area contributed by atoms with Gasteiger partial charge in [0.05, 0.1) is 11.7 Å². The molecular formula is C14H10F2N2O.